The zero-order valence-electron chi connectivity index (χ0n) is 27.2. The third-order valence-electron chi connectivity index (χ3n) is 7.93. The van der Waals surface area contributed by atoms with Gasteiger partial charge in [0.25, 0.3) is 0 Å². The van der Waals surface area contributed by atoms with Crippen molar-refractivity contribution in [3.8, 4) is 0 Å². The normalized spacial score (nSPS) is 22.2. The molecule has 0 N–H and O–H groups in total. The van der Waals surface area contributed by atoms with Crippen molar-refractivity contribution in [2.45, 2.75) is 119 Å². The Kier molecular flexibility index (Phi) is 18.1. The molecule has 0 aromatic heterocycles. The van der Waals surface area contributed by atoms with E-state index in [4.69, 9.17) is 30.5 Å². The molecule has 5 atom stereocenters. The molecule has 3 rings (SSSR count). The maximum atomic E-state index is 6.81. The summed E-state index contributed by atoms with van der Waals surface area (Å²) in [5, 5.41) is 1.04. The minimum absolute atomic E-state index is 0.0837. The van der Waals surface area contributed by atoms with E-state index in [2.05, 4.69) is 76.4 Å². The minimum atomic E-state index is -0.162. The van der Waals surface area contributed by atoms with Gasteiger partial charge in [-0.25, -0.2) is 0 Å². The fourth-order valence-electron chi connectivity index (χ4n) is 5.30. The molecular formula is C36H55ClO4S2. The third-order valence-corrected chi connectivity index (χ3v) is 10.6. The second-order valence-corrected chi connectivity index (χ2v) is 14.1. The smallest absolute Gasteiger partial charge is 0.112 e. The lowest BCUT2D eigenvalue weighted by Gasteiger charge is -2.46. The third kappa shape index (κ3) is 11.9. The molecule has 0 aliphatic carbocycles. The number of hydrogen-bond acceptors (Lipinski definition) is 6. The molecule has 4 nitrogen and oxygen atoms in total. The van der Waals surface area contributed by atoms with Crippen molar-refractivity contribution in [1.29, 1.82) is 0 Å². The van der Waals surface area contributed by atoms with Crippen molar-refractivity contribution >= 4 is 35.1 Å². The number of thioether (sulfide) groups is 2. The lowest BCUT2D eigenvalue weighted by molar-refractivity contribution is -0.149. The zero-order valence-corrected chi connectivity index (χ0v) is 29.5. The first kappa shape index (κ1) is 36.7. The van der Waals surface area contributed by atoms with Crippen LogP contribution in [0.3, 0.4) is 0 Å². The Morgan fingerprint density at radius 1 is 0.721 bits per heavy atom. The first-order valence-corrected chi connectivity index (χ1v) is 19.1. The van der Waals surface area contributed by atoms with Crippen LogP contribution in [0.5, 0.6) is 0 Å². The summed E-state index contributed by atoms with van der Waals surface area (Å²) in [5.41, 5.74) is 3.64. The van der Waals surface area contributed by atoms with Gasteiger partial charge in [-0.1, -0.05) is 89.2 Å². The van der Waals surface area contributed by atoms with Crippen molar-refractivity contribution in [3.05, 3.63) is 64.2 Å². The Bertz CT molecular complexity index is 1020. The second kappa shape index (κ2) is 21.1. The van der Waals surface area contributed by atoms with Gasteiger partial charge in [-0.2, -0.15) is 0 Å². The van der Waals surface area contributed by atoms with Gasteiger partial charge in [-0.05, 0) is 73.2 Å². The summed E-state index contributed by atoms with van der Waals surface area (Å²) in [6, 6.07) is 15.3. The average Bonchev–Trinajstić information content (AvgIpc) is 3.02. The molecule has 0 bridgehead atoms. The molecule has 1 fully saturated rings. The highest BCUT2D eigenvalue weighted by atomic mass is 35.5. The quantitative estimate of drug-likeness (QED) is 0.0988. The van der Waals surface area contributed by atoms with Gasteiger partial charge in [0.05, 0.1) is 17.1 Å². The molecule has 1 saturated heterocycles. The number of ether oxygens (including phenoxy) is 4. The van der Waals surface area contributed by atoms with Gasteiger partial charge in [0, 0.05) is 36.3 Å². The highest BCUT2D eigenvalue weighted by molar-refractivity contribution is 8.00. The van der Waals surface area contributed by atoms with Crippen LogP contribution < -0.4 is 0 Å². The average molecular weight is 651 g/mol. The molecule has 242 valence electrons. The number of unbranched alkanes of at least 4 members (excludes halogenated alkanes) is 4. The lowest BCUT2D eigenvalue weighted by atomic mass is 9.94. The van der Waals surface area contributed by atoms with E-state index in [9.17, 15) is 0 Å². The molecule has 0 radical (unpaired) electrons. The number of halogens is 1. The van der Waals surface area contributed by atoms with Gasteiger partial charge in [-0.15, -0.1) is 23.5 Å². The summed E-state index contributed by atoms with van der Waals surface area (Å²) in [6.07, 6.45) is 11.1. The van der Waals surface area contributed by atoms with Crippen molar-refractivity contribution in [3.63, 3.8) is 0 Å². The van der Waals surface area contributed by atoms with Gasteiger partial charge in [0.1, 0.15) is 18.3 Å². The van der Waals surface area contributed by atoms with Crippen LogP contribution in [0, 0.1) is 0 Å². The highest BCUT2D eigenvalue weighted by Crippen LogP contribution is 2.47. The number of rotatable bonds is 21. The van der Waals surface area contributed by atoms with Gasteiger partial charge in [-0.3, -0.25) is 0 Å². The van der Waals surface area contributed by atoms with E-state index in [1.54, 1.807) is 11.8 Å². The van der Waals surface area contributed by atoms with E-state index in [-0.39, 0.29) is 28.8 Å². The van der Waals surface area contributed by atoms with Crippen LogP contribution in [0.25, 0.3) is 0 Å². The van der Waals surface area contributed by atoms with Crippen LogP contribution >= 0.6 is 35.1 Å². The second-order valence-electron chi connectivity index (χ2n) is 11.5. The minimum Gasteiger partial charge on any atom is -0.380 e. The van der Waals surface area contributed by atoms with E-state index in [1.807, 2.05) is 11.8 Å². The largest absolute Gasteiger partial charge is 0.380 e. The van der Waals surface area contributed by atoms with Gasteiger partial charge < -0.3 is 18.9 Å². The summed E-state index contributed by atoms with van der Waals surface area (Å²) < 4.78 is 26.4. The Labute approximate surface area is 275 Å². The molecule has 2 aromatic carbocycles. The highest BCUT2D eigenvalue weighted by Gasteiger charge is 2.48. The molecule has 1 aliphatic heterocycles. The summed E-state index contributed by atoms with van der Waals surface area (Å²) in [5.74, 6) is 0. The van der Waals surface area contributed by atoms with Crippen molar-refractivity contribution < 1.29 is 18.9 Å². The van der Waals surface area contributed by atoms with Gasteiger partial charge >= 0.3 is 0 Å². The fourth-order valence-corrected chi connectivity index (χ4v) is 7.52. The number of hydrogen-bond donors (Lipinski definition) is 0. The van der Waals surface area contributed by atoms with Crippen LogP contribution in [0.1, 0.15) is 101 Å². The molecule has 0 saturated carbocycles. The predicted molar refractivity (Wildman–Crippen MR) is 186 cm³/mol. The van der Waals surface area contributed by atoms with Crippen LogP contribution in [0.2, 0.25) is 5.02 Å². The van der Waals surface area contributed by atoms with Gasteiger partial charge in [0.15, 0.2) is 0 Å². The summed E-state index contributed by atoms with van der Waals surface area (Å²) >= 11 is 10.5. The van der Waals surface area contributed by atoms with Crippen LogP contribution in [0.15, 0.2) is 47.4 Å². The molecule has 0 unspecified atom stereocenters. The standard InChI is InChI=1S/C36H55ClO4S2/c1-6-10-20-38-26-32-33(39-21-11-7-2)34(40-22-12-8-3)35(41-23-13-9-4)36(43-32)28-16-19-31(37)29(25-28)24-27-14-17-30(42-5)18-15-27/h14-19,25,32-36H,6-13,20-24,26H2,1-5H3/t32-,33-,34+,35-,36+/m1/s1. The Balaban J connectivity index is 1.97. The van der Waals surface area contributed by atoms with Crippen molar-refractivity contribution in [2.75, 3.05) is 39.3 Å². The molecule has 2 aromatic rings. The van der Waals surface area contributed by atoms with E-state index in [0.717, 1.165) is 81.6 Å². The molecule has 1 aliphatic rings. The SMILES string of the molecule is CCCCOC[C@H]1S[C@@H](c2ccc(Cl)c(Cc3ccc(SC)cc3)c2)[C@H](OCCCC)[C@@H](OCCCC)[C@@H]1OCCCC. The Hall–Kier alpha value is -0.730. The topological polar surface area (TPSA) is 36.9 Å². The van der Waals surface area contributed by atoms with Crippen LogP contribution in [0.4, 0.5) is 0 Å². The molecule has 1 heterocycles. The van der Waals surface area contributed by atoms with Crippen molar-refractivity contribution in [1.82, 2.24) is 0 Å². The van der Waals surface area contributed by atoms with Crippen molar-refractivity contribution in [2.24, 2.45) is 0 Å². The number of benzene rings is 2. The first-order valence-electron chi connectivity index (χ1n) is 16.5. The first-order chi connectivity index (χ1) is 21.1. The van der Waals surface area contributed by atoms with Crippen LogP contribution in [-0.4, -0.2) is 62.9 Å². The molecular weight excluding hydrogens is 596 g/mol. The monoisotopic (exact) mass is 650 g/mol. The Morgan fingerprint density at radius 2 is 1.30 bits per heavy atom. The van der Waals surface area contributed by atoms with E-state index >= 15 is 0 Å². The predicted octanol–water partition coefficient (Wildman–Crippen LogP) is 10.2. The zero-order chi connectivity index (χ0) is 30.9. The fraction of sp³-hybridized carbons (Fsp3) is 0.667. The summed E-state index contributed by atoms with van der Waals surface area (Å²) in [7, 11) is 0. The molecule has 0 spiro atoms. The molecule has 7 heteroatoms. The lowest BCUT2D eigenvalue weighted by Crippen LogP contribution is -2.55. The maximum Gasteiger partial charge on any atom is 0.112 e. The van der Waals surface area contributed by atoms with Crippen LogP contribution in [-0.2, 0) is 25.4 Å². The maximum absolute atomic E-state index is 6.81. The molecule has 43 heavy (non-hydrogen) atoms. The van der Waals surface area contributed by atoms with E-state index in [0.29, 0.717) is 19.8 Å². The van der Waals surface area contributed by atoms with E-state index < -0.39 is 0 Å². The summed E-state index contributed by atoms with van der Waals surface area (Å²) in [4.78, 5) is 1.27. The Morgan fingerprint density at radius 3 is 1.91 bits per heavy atom. The molecule has 0 amide bonds. The van der Waals surface area contributed by atoms with Gasteiger partial charge in [0.2, 0.25) is 0 Å². The van der Waals surface area contributed by atoms with E-state index in [1.165, 1.54) is 16.0 Å². The summed E-state index contributed by atoms with van der Waals surface area (Å²) in [6.45, 7) is 12.4.